The molecule has 0 radical (unpaired) electrons. The summed E-state index contributed by atoms with van der Waals surface area (Å²) in [6.45, 7) is -4.82. The molecule has 2 aromatic rings. The van der Waals surface area contributed by atoms with E-state index in [0.29, 0.717) is 9.80 Å². The van der Waals surface area contributed by atoms with E-state index in [1.165, 1.54) is 33.9 Å². The van der Waals surface area contributed by atoms with E-state index in [4.69, 9.17) is 5.11 Å². The maximum Gasteiger partial charge on any atom is 0.326 e. The van der Waals surface area contributed by atoms with Crippen molar-refractivity contribution in [2.24, 2.45) is 0 Å². The fraction of sp³-hybridized carbons (Fsp3) is 0.514. The Balaban J connectivity index is 2.22. The van der Waals surface area contributed by atoms with Crippen LogP contribution in [0.5, 0.6) is 0 Å². The van der Waals surface area contributed by atoms with Crippen LogP contribution in [0.1, 0.15) is 56.6 Å². The predicted molar refractivity (Wildman–Crippen MR) is 216 cm³/mol. The van der Waals surface area contributed by atoms with Gasteiger partial charge in [0, 0.05) is 37.6 Å². The smallest absolute Gasteiger partial charge is 0.326 e. The number of unbranched alkanes of at least 4 members (excludes halogenated alkanes) is 1. The third-order valence-electron chi connectivity index (χ3n) is 9.32. The molecule has 2 heterocycles. The highest BCUT2D eigenvalue weighted by molar-refractivity contribution is 5.88. The number of aromatic nitrogens is 4. The van der Waals surface area contributed by atoms with Crippen LogP contribution in [0.3, 0.4) is 0 Å². The van der Waals surface area contributed by atoms with Gasteiger partial charge in [0.25, 0.3) is 0 Å². The number of hydrogen-bond acceptors (Lipinski definition) is 15. The second-order valence-electron chi connectivity index (χ2n) is 14.6. The van der Waals surface area contributed by atoms with Crippen LogP contribution in [0.4, 0.5) is 4.79 Å². The number of rotatable bonds is 33. The number of amides is 5. The van der Waals surface area contributed by atoms with Gasteiger partial charge in [0.2, 0.25) is 17.7 Å². The van der Waals surface area contributed by atoms with E-state index in [0.717, 1.165) is 0 Å². The number of urea groups is 1. The molecular weight excluding hydrogens is 904 g/mol. The third kappa shape index (κ3) is 20.9. The van der Waals surface area contributed by atoms with Crippen LogP contribution in [0.2, 0.25) is 0 Å². The normalized spacial score (nSPS) is 12.2. The Hall–Kier alpha value is -8.18. The van der Waals surface area contributed by atoms with Crippen molar-refractivity contribution in [3.63, 3.8) is 0 Å². The molecule has 0 fully saturated rings. The number of nitrogens with zero attached hydrogens (tertiary/aromatic N) is 7. The van der Waals surface area contributed by atoms with Crippen molar-refractivity contribution < 1.29 is 98.4 Å². The maximum atomic E-state index is 13.0. The standard InChI is InChI=1S/C37H50N10O20/c48-26(6-4-22(35(63)64)41-37(67)42-23(36(65)66)5-7-29(51)52)40-21(34(61)62)3-1-2-10-43(13-24-38-8-11-44(24)15-27(49)46(17-30(53)54)18-31(55)56)14-25-39-9-12-45(25)16-28(50)47(19-32(57)58)20-33(59)60/h8-9,11-12,21-23H,1-7,10,13-20H2,(H,40,48)(H,51,52)(H,53,54)(H,55,56)(H,57,58)(H,59,60)(H,61,62)(H,63,64)(H,65,66)(H2,41,42,67)/t21-,22+,23-/m1/s1. The Kier molecular flexibility index (Phi) is 22.3. The first-order valence-electron chi connectivity index (χ1n) is 19.9. The monoisotopic (exact) mass is 954 g/mol. The van der Waals surface area contributed by atoms with Crippen LogP contribution in [0.25, 0.3) is 0 Å². The van der Waals surface area contributed by atoms with E-state index in [1.54, 1.807) is 4.90 Å². The summed E-state index contributed by atoms with van der Waals surface area (Å²) in [4.78, 5) is 154. The highest BCUT2D eigenvalue weighted by Gasteiger charge is 2.28. The summed E-state index contributed by atoms with van der Waals surface area (Å²) in [5, 5.41) is 80.4. The summed E-state index contributed by atoms with van der Waals surface area (Å²) in [5.74, 6) is -14.2. The third-order valence-corrected chi connectivity index (χ3v) is 9.32. The van der Waals surface area contributed by atoms with Crippen molar-refractivity contribution in [1.29, 1.82) is 0 Å². The molecule has 0 aromatic carbocycles. The molecule has 0 aliphatic rings. The van der Waals surface area contributed by atoms with E-state index in [-0.39, 0.29) is 50.5 Å². The van der Waals surface area contributed by atoms with Gasteiger partial charge >= 0.3 is 53.8 Å². The van der Waals surface area contributed by atoms with E-state index in [2.05, 4.69) is 15.3 Å². The Labute approximate surface area is 377 Å². The number of nitrogens with one attached hydrogen (secondary N) is 3. The molecule has 3 atom stereocenters. The van der Waals surface area contributed by atoms with Crippen molar-refractivity contribution in [3.8, 4) is 0 Å². The van der Waals surface area contributed by atoms with Gasteiger partial charge in [-0.1, -0.05) is 0 Å². The number of aliphatic carboxylic acids is 8. The van der Waals surface area contributed by atoms with Crippen molar-refractivity contribution in [2.45, 2.75) is 89.3 Å². The summed E-state index contributed by atoms with van der Waals surface area (Å²) in [6, 6.07) is -6.22. The van der Waals surface area contributed by atoms with Crippen molar-refractivity contribution >= 4 is 71.5 Å². The molecule has 0 aliphatic heterocycles. The molecule has 2 aromatic heterocycles. The molecule has 0 spiro atoms. The Morgan fingerprint density at radius 3 is 1.27 bits per heavy atom. The number of carboxylic acids is 8. The molecule has 368 valence electrons. The summed E-state index contributed by atoms with van der Waals surface area (Å²) in [7, 11) is 0. The highest BCUT2D eigenvalue weighted by Crippen LogP contribution is 2.14. The Bertz CT molecular complexity index is 2020. The van der Waals surface area contributed by atoms with Crippen LogP contribution in [0.15, 0.2) is 24.8 Å². The lowest BCUT2D eigenvalue weighted by atomic mass is 10.1. The van der Waals surface area contributed by atoms with Gasteiger partial charge in [-0.2, -0.15) is 0 Å². The Morgan fingerprint density at radius 1 is 0.507 bits per heavy atom. The number of carboxylic acid groups (broad SMARTS) is 8. The average Bonchev–Trinajstić information content (AvgIpc) is 3.85. The molecule has 0 saturated carbocycles. The molecule has 0 unspecified atom stereocenters. The highest BCUT2D eigenvalue weighted by atomic mass is 16.4. The molecule has 30 nitrogen and oxygen atoms in total. The summed E-state index contributed by atoms with van der Waals surface area (Å²) < 4.78 is 2.64. The first kappa shape index (κ1) is 55.0. The summed E-state index contributed by atoms with van der Waals surface area (Å²) in [6.07, 6.45) is 3.15. The first-order valence-corrected chi connectivity index (χ1v) is 19.9. The molecule has 0 bridgehead atoms. The molecule has 5 amide bonds. The summed E-state index contributed by atoms with van der Waals surface area (Å²) >= 11 is 0. The zero-order valence-electron chi connectivity index (χ0n) is 35.5. The second-order valence-corrected chi connectivity index (χ2v) is 14.6. The van der Waals surface area contributed by atoms with Crippen LogP contribution in [0, 0.1) is 0 Å². The lowest BCUT2D eigenvalue weighted by molar-refractivity contribution is -0.150. The van der Waals surface area contributed by atoms with Gasteiger partial charge in [-0.3, -0.25) is 43.3 Å². The molecule has 2 rings (SSSR count). The second kappa shape index (κ2) is 27.2. The van der Waals surface area contributed by atoms with Crippen molar-refractivity contribution in [1.82, 2.24) is 49.8 Å². The lowest BCUT2D eigenvalue weighted by Crippen LogP contribution is -2.51. The average molecular weight is 955 g/mol. The van der Waals surface area contributed by atoms with Gasteiger partial charge < -0.3 is 75.7 Å². The zero-order valence-corrected chi connectivity index (χ0v) is 35.5. The van der Waals surface area contributed by atoms with Crippen LogP contribution in [-0.4, -0.2) is 197 Å². The van der Waals surface area contributed by atoms with Crippen LogP contribution in [-0.2, 0) is 78.9 Å². The minimum absolute atomic E-state index is 0.0989. The molecule has 67 heavy (non-hydrogen) atoms. The molecule has 0 aliphatic carbocycles. The molecule has 11 N–H and O–H groups in total. The number of hydrogen-bond donors (Lipinski definition) is 11. The largest absolute Gasteiger partial charge is 0.481 e. The van der Waals surface area contributed by atoms with Gasteiger partial charge in [-0.25, -0.2) is 29.1 Å². The van der Waals surface area contributed by atoms with Crippen LogP contribution < -0.4 is 16.0 Å². The predicted octanol–water partition coefficient (Wildman–Crippen LogP) is -3.33. The number of imidazole rings is 2. The molecule has 30 heteroatoms. The minimum Gasteiger partial charge on any atom is -0.481 e. The SMILES string of the molecule is O=C(O)CC[C@@H](NC(=O)N[C@@H](CCC(=O)N[C@H](CCCCN(Cc1nccn1CC(=O)N(CC(=O)O)CC(=O)O)Cc1nccn1CC(=O)N(CC(=O)O)CC(=O)O)C(=O)O)C(=O)O)C(=O)O. The van der Waals surface area contributed by atoms with Gasteiger partial charge in [0.15, 0.2) is 0 Å². The fourth-order valence-corrected chi connectivity index (χ4v) is 6.12. The molecular formula is C37H50N10O20. The summed E-state index contributed by atoms with van der Waals surface area (Å²) in [5.41, 5.74) is 0. The first-order chi connectivity index (χ1) is 31.4. The van der Waals surface area contributed by atoms with Crippen LogP contribution >= 0.6 is 0 Å². The fourth-order valence-electron chi connectivity index (χ4n) is 6.12. The van der Waals surface area contributed by atoms with E-state index in [9.17, 15) is 93.3 Å². The topological polar surface area (TPSA) is 448 Å². The quantitative estimate of drug-likeness (QED) is 0.0312. The number of carbonyl (C=O) groups excluding carboxylic acids is 4. The van der Waals surface area contributed by atoms with Gasteiger partial charge in [-0.15, -0.1) is 0 Å². The van der Waals surface area contributed by atoms with Crippen molar-refractivity contribution in [3.05, 3.63) is 36.4 Å². The van der Waals surface area contributed by atoms with Gasteiger partial charge in [-0.05, 0) is 38.6 Å². The minimum atomic E-state index is -1.75. The lowest BCUT2D eigenvalue weighted by Gasteiger charge is -2.24. The van der Waals surface area contributed by atoms with E-state index in [1.807, 2.05) is 10.6 Å². The maximum absolute atomic E-state index is 13.0. The molecule has 0 saturated heterocycles. The van der Waals surface area contributed by atoms with Gasteiger partial charge in [0.1, 0.15) is 69.0 Å². The zero-order chi connectivity index (χ0) is 50.4. The van der Waals surface area contributed by atoms with E-state index < -0.39 is 155 Å². The van der Waals surface area contributed by atoms with Gasteiger partial charge in [0.05, 0.1) is 13.1 Å². The van der Waals surface area contributed by atoms with Crippen molar-refractivity contribution in [2.75, 3.05) is 32.7 Å². The number of carbonyl (C=O) groups is 12. The Morgan fingerprint density at radius 2 is 0.896 bits per heavy atom. The van der Waals surface area contributed by atoms with E-state index >= 15 is 0 Å².